The van der Waals surface area contributed by atoms with Gasteiger partial charge in [-0.15, -0.1) is 0 Å². The van der Waals surface area contributed by atoms with Crippen molar-refractivity contribution in [3.63, 3.8) is 0 Å². The molecule has 2 unspecified atom stereocenters. The maximum absolute atomic E-state index is 14.0. The van der Waals surface area contributed by atoms with Crippen LogP contribution in [0.2, 0.25) is 0 Å². The van der Waals surface area contributed by atoms with E-state index in [1.54, 1.807) is 29.8 Å². The number of imidazole rings is 1. The monoisotopic (exact) mass is 583 g/mol. The molecule has 1 saturated heterocycles. The van der Waals surface area contributed by atoms with Crippen LogP contribution in [0.4, 0.5) is 5.69 Å². The molecule has 2 aromatic heterocycles. The van der Waals surface area contributed by atoms with Crippen molar-refractivity contribution in [2.24, 2.45) is 29.3 Å². The van der Waals surface area contributed by atoms with Crippen LogP contribution >= 0.6 is 15.9 Å². The lowest BCUT2D eigenvalue weighted by atomic mass is 9.85. The highest BCUT2D eigenvalue weighted by Crippen LogP contribution is 2.32. The Balaban J connectivity index is 1.61. The summed E-state index contributed by atoms with van der Waals surface area (Å²) in [6.07, 6.45) is 7.95. The van der Waals surface area contributed by atoms with Crippen molar-refractivity contribution in [3.05, 3.63) is 47.2 Å². The number of nitrogens with one attached hydrogen (secondary N) is 1. The van der Waals surface area contributed by atoms with E-state index in [1.165, 1.54) is 0 Å². The van der Waals surface area contributed by atoms with Crippen LogP contribution in [0, 0.1) is 17.3 Å². The first-order chi connectivity index (χ1) is 18.1. The number of aliphatic imine (C=N–C) groups is 1. The first-order valence-electron chi connectivity index (χ1n) is 12.8. The van der Waals surface area contributed by atoms with E-state index in [0.29, 0.717) is 47.6 Å². The summed E-state index contributed by atoms with van der Waals surface area (Å²) in [4.78, 5) is 46.0. The SMILES string of the molecule is CCC(C(=O)N1CCN/C1=N/c1ccc2nccnc2c1Br)C(COC(=O)C(C)(C)C)Cc1cncn1C. The molecule has 38 heavy (non-hydrogen) atoms. The summed E-state index contributed by atoms with van der Waals surface area (Å²) in [5, 5.41) is 3.25. The zero-order valence-corrected chi connectivity index (χ0v) is 24.0. The molecule has 0 radical (unpaired) electrons. The molecule has 1 aliphatic heterocycles. The van der Waals surface area contributed by atoms with Gasteiger partial charge < -0.3 is 14.6 Å². The minimum Gasteiger partial charge on any atom is -0.465 e. The van der Waals surface area contributed by atoms with Crippen molar-refractivity contribution in [2.75, 3.05) is 19.7 Å². The molecule has 1 aliphatic rings. The van der Waals surface area contributed by atoms with Gasteiger partial charge >= 0.3 is 5.97 Å². The van der Waals surface area contributed by atoms with E-state index < -0.39 is 5.41 Å². The molecule has 3 aromatic rings. The number of esters is 1. The van der Waals surface area contributed by atoms with Gasteiger partial charge in [-0.25, -0.2) is 9.98 Å². The van der Waals surface area contributed by atoms with Crippen molar-refractivity contribution in [1.29, 1.82) is 0 Å². The average molecular weight is 585 g/mol. The van der Waals surface area contributed by atoms with Crippen molar-refractivity contribution < 1.29 is 14.3 Å². The molecule has 0 aliphatic carbocycles. The maximum Gasteiger partial charge on any atom is 0.311 e. The number of carbonyl (C=O) groups is 2. The quantitative estimate of drug-likeness (QED) is 0.398. The molecule has 0 bridgehead atoms. The number of aromatic nitrogens is 4. The Hall–Kier alpha value is -3.34. The second kappa shape index (κ2) is 11.6. The van der Waals surface area contributed by atoms with Crippen LogP contribution < -0.4 is 5.32 Å². The number of hydrogen-bond donors (Lipinski definition) is 1. The van der Waals surface area contributed by atoms with Crippen LogP contribution in [0.15, 0.2) is 46.5 Å². The van der Waals surface area contributed by atoms with Gasteiger partial charge in [0.2, 0.25) is 11.9 Å². The second-order valence-corrected chi connectivity index (χ2v) is 11.3. The predicted octanol–water partition coefficient (Wildman–Crippen LogP) is 4.02. The fraction of sp³-hybridized carbons (Fsp3) is 0.481. The summed E-state index contributed by atoms with van der Waals surface area (Å²) < 4.78 is 8.37. The molecular weight excluding hydrogens is 550 g/mol. The zero-order chi connectivity index (χ0) is 27.4. The number of fused-ring (bicyclic) bond motifs is 1. The second-order valence-electron chi connectivity index (χ2n) is 10.5. The molecule has 11 heteroatoms. The molecule has 10 nitrogen and oxygen atoms in total. The van der Waals surface area contributed by atoms with Crippen LogP contribution in [-0.2, 0) is 27.8 Å². The average Bonchev–Trinajstić information content (AvgIpc) is 3.52. The fourth-order valence-corrected chi connectivity index (χ4v) is 4.99. The summed E-state index contributed by atoms with van der Waals surface area (Å²) in [6, 6.07) is 3.71. The molecule has 4 rings (SSSR count). The summed E-state index contributed by atoms with van der Waals surface area (Å²) in [7, 11) is 1.92. The van der Waals surface area contributed by atoms with E-state index in [0.717, 1.165) is 11.2 Å². The van der Waals surface area contributed by atoms with E-state index in [1.807, 2.05) is 51.4 Å². The van der Waals surface area contributed by atoms with Gasteiger partial charge in [0.05, 0.1) is 34.0 Å². The van der Waals surface area contributed by atoms with Crippen molar-refractivity contribution >= 4 is 50.5 Å². The van der Waals surface area contributed by atoms with Crippen LogP contribution in [0.3, 0.4) is 0 Å². The first-order valence-corrected chi connectivity index (χ1v) is 13.5. The Morgan fingerprint density at radius 1 is 1.24 bits per heavy atom. The molecule has 0 spiro atoms. The van der Waals surface area contributed by atoms with Gasteiger partial charge in [0.15, 0.2) is 0 Å². The number of amides is 1. The van der Waals surface area contributed by atoms with Gasteiger partial charge in [0.1, 0.15) is 5.52 Å². The maximum atomic E-state index is 14.0. The van der Waals surface area contributed by atoms with Crippen LogP contribution in [0.1, 0.15) is 39.8 Å². The first kappa shape index (κ1) is 27.7. The number of guanidine groups is 1. The standard InChI is InChI=1S/C27H34BrN7O3/c1-6-19(17(13-18-14-29-16-34(18)5)15-38-25(37)27(2,3)4)24(36)35-12-11-32-26(35)33-20-7-8-21-23(22(20)28)31-10-9-30-21/h7-10,14,16-17,19H,6,11-13,15H2,1-5H3,(H,32,33). The topological polar surface area (TPSA) is 115 Å². The van der Waals surface area contributed by atoms with Gasteiger partial charge in [-0.05, 0) is 61.7 Å². The number of ether oxygens (including phenoxy) is 1. The van der Waals surface area contributed by atoms with Crippen LogP contribution in [0.5, 0.6) is 0 Å². The lowest BCUT2D eigenvalue weighted by Gasteiger charge is -2.29. The summed E-state index contributed by atoms with van der Waals surface area (Å²) in [5.41, 5.74) is 2.46. The third kappa shape index (κ3) is 6.03. The largest absolute Gasteiger partial charge is 0.465 e. The van der Waals surface area contributed by atoms with E-state index in [2.05, 4.69) is 36.2 Å². The highest BCUT2D eigenvalue weighted by molar-refractivity contribution is 9.10. The van der Waals surface area contributed by atoms with E-state index in [-0.39, 0.29) is 30.3 Å². The van der Waals surface area contributed by atoms with Gasteiger partial charge in [-0.2, -0.15) is 0 Å². The molecule has 1 amide bonds. The molecule has 1 fully saturated rings. The minimum atomic E-state index is -0.626. The molecule has 202 valence electrons. The Bertz CT molecular complexity index is 1350. The highest BCUT2D eigenvalue weighted by atomic mass is 79.9. The molecule has 2 atom stereocenters. The fourth-order valence-electron chi connectivity index (χ4n) is 4.46. The van der Waals surface area contributed by atoms with Crippen molar-refractivity contribution in [3.8, 4) is 0 Å². The van der Waals surface area contributed by atoms with Gasteiger partial charge in [0, 0.05) is 56.3 Å². The summed E-state index contributed by atoms with van der Waals surface area (Å²) in [5.74, 6) is -0.452. The van der Waals surface area contributed by atoms with Crippen LogP contribution in [0.25, 0.3) is 11.0 Å². The lowest BCUT2D eigenvalue weighted by Crippen LogP contribution is -2.43. The number of aryl methyl sites for hydroxylation is 1. The number of halogens is 1. The molecule has 1 N–H and O–H groups in total. The van der Waals surface area contributed by atoms with Crippen LogP contribution in [-0.4, -0.2) is 62.0 Å². The third-order valence-corrected chi connectivity index (χ3v) is 7.46. The van der Waals surface area contributed by atoms with Gasteiger partial charge in [0.25, 0.3) is 0 Å². The van der Waals surface area contributed by atoms with Gasteiger partial charge in [-0.3, -0.25) is 24.5 Å². The number of benzene rings is 1. The Labute approximate surface area is 231 Å². The molecule has 0 saturated carbocycles. The lowest BCUT2D eigenvalue weighted by molar-refractivity contribution is -0.156. The number of hydrogen-bond acceptors (Lipinski definition) is 7. The highest BCUT2D eigenvalue weighted by Gasteiger charge is 2.36. The van der Waals surface area contributed by atoms with E-state index >= 15 is 0 Å². The number of nitrogens with zero attached hydrogens (tertiary/aromatic N) is 6. The minimum absolute atomic E-state index is 0.0491. The number of rotatable bonds is 8. The molecular formula is C27H34BrN7O3. The van der Waals surface area contributed by atoms with Crippen molar-refractivity contribution in [2.45, 2.75) is 40.5 Å². The Kier molecular flexibility index (Phi) is 8.44. The third-order valence-electron chi connectivity index (χ3n) is 6.68. The molecule has 3 heterocycles. The Morgan fingerprint density at radius 2 is 2.00 bits per heavy atom. The smallest absolute Gasteiger partial charge is 0.311 e. The molecule has 1 aromatic carbocycles. The van der Waals surface area contributed by atoms with Gasteiger partial charge in [-0.1, -0.05) is 6.92 Å². The normalized spacial score (nSPS) is 16.5. The van der Waals surface area contributed by atoms with E-state index in [4.69, 9.17) is 9.73 Å². The van der Waals surface area contributed by atoms with Crippen molar-refractivity contribution in [1.82, 2.24) is 29.7 Å². The Morgan fingerprint density at radius 3 is 2.68 bits per heavy atom. The zero-order valence-electron chi connectivity index (χ0n) is 22.4. The number of carbonyl (C=O) groups excluding carboxylic acids is 2. The van der Waals surface area contributed by atoms with E-state index in [9.17, 15) is 9.59 Å². The summed E-state index contributed by atoms with van der Waals surface area (Å²) in [6.45, 7) is 8.70. The predicted molar refractivity (Wildman–Crippen MR) is 149 cm³/mol. The summed E-state index contributed by atoms with van der Waals surface area (Å²) >= 11 is 3.60.